The molecule has 0 spiro atoms. The zero-order valence-electron chi connectivity index (χ0n) is 9.32. The highest BCUT2D eigenvalue weighted by molar-refractivity contribution is 5.67. The molecule has 0 aromatic carbocycles. The Bertz CT molecular complexity index is 195. The third kappa shape index (κ3) is 2.87. The van der Waals surface area contributed by atoms with E-state index in [1.807, 2.05) is 0 Å². The van der Waals surface area contributed by atoms with Gasteiger partial charge in [-0.2, -0.15) is 0 Å². The number of nitrogens with zero attached hydrogens (tertiary/aromatic N) is 2. The van der Waals surface area contributed by atoms with E-state index in [0.29, 0.717) is 6.04 Å². The van der Waals surface area contributed by atoms with Crippen molar-refractivity contribution in [3.8, 4) is 0 Å². The third-order valence-corrected chi connectivity index (χ3v) is 2.69. The van der Waals surface area contributed by atoms with Crippen molar-refractivity contribution < 1.29 is 9.53 Å². The molecule has 0 N–H and O–H groups in total. The lowest BCUT2D eigenvalue weighted by atomic mass is 10.3. The minimum absolute atomic E-state index is 0.199. The molecule has 1 heterocycles. The van der Waals surface area contributed by atoms with Crippen molar-refractivity contribution in [1.82, 2.24) is 9.80 Å². The molecule has 14 heavy (non-hydrogen) atoms. The van der Waals surface area contributed by atoms with Gasteiger partial charge in [-0.15, -0.1) is 0 Å². The van der Waals surface area contributed by atoms with E-state index in [4.69, 9.17) is 4.74 Å². The molecule has 0 bridgehead atoms. The molecule has 0 unspecified atom stereocenters. The van der Waals surface area contributed by atoms with E-state index >= 15 is 0 Å². The lowest BCUT2D eigenvalue weighted by molar-refractivity contribution is 0.124. The molecule has 4 nitrogen and oxygen atoms in total. The van der Waals surface area contributed by atoms with Crippen LogP contribution in [0, 0.1) is 0 Å². The van der Waals surface area contributed by atoms with Crippen molar-refractivity contribution >= 4 is 6.09 Å². The fourth-order valence-electron chi connectivity index (χ4n) is 1.77. The summed E-state index contributed by atoms with van der Waals surface area (Å²) in [6.45, 7) is 8.00. The van der Waals surface area contributed by atoms with Crippen LogP contribution in [-0.2, 0) is 4.74 Å². The SMILES string of the molecule is COC(=O)N1CCCN(C(C)C)CC1. The van der Waals surface area contributed by atoms with Gasteiger partial charge < -0.3 is 9.64 Å². The number of amides is 1. The molecule has 82 valence electrons. The molecule has 4 heteroatoms. The summed E-state index contributed by atoms with van der Waals surface area (Å²) in [7, 11) is 1.44. The van der Waals surface area contributed by atoms with Gasteiger partial charge in [0.25, 0.3) is 0 Å². The number of hydrogen-bond acceptors (Lipinski definition) is 3. The molecule has 0 atom stereocenters. The molecule has 1 aliphatic rings. The Hall–Kier alpha value is -0.770. The van der Waals surface area contributed by atoms with Crippen molar-refractivity contribution in [3.05, 3.63) is 0 Å². The van der Waals surface area contributed by atoms with Gasteiger partial charge >= 0.3 is 6.09 Å². The van der Waals surface area contributed by atoms with Gasteiger partial charge in [0.1, 0.15) is 0 Å². The zero-order chi connectivity index (χ0) is 10.6. The average Bonchev–Trinajstić information content (AvgIpc) is 2.41. The van der Waals surface area contributed by atoms with Crippen LogP contribution in [-0.4, -0.2) is 55.2 Å². The topological polar surface area (TPSA) is 32.8 Å². The Labute approximate surface area is 85.8 Å². The number of ether oxygens (including phenoxy) is 1. The van der Waals surface area contributed by atoms with Crippen LogP contribution in [0.5, 0.6) is 0 Å². The summed E-state index contributed by atoms with van der Waals surface area (Å²) >= 11 is 0. The molecule has 1 aliphatic heterocycles. The summed E-state index contributed by atoms with van der Waals surface area (Å²) < 4.78 is 4.71. The van der Waals surface area contributed by atoms with E-state index in [1.165, 1.54) is 7.11 Å². The Kier molecular flexibility index (Phi) is 4.20. The predicted molar refractivity (Wildman–Crippen MR) is 55.3 cm³/mol. The van der Waals surface area contributed by atoms with Gasteiger partial charge in [0.05, 0.1) is 7.11 Å². The summed E-state index contributed by atoms with van der Waals surface area (Å²) in [5.74, 6) is 0. The maximum absolute atomic E-state index is 11.3. The van der Waals surface area contributed by atoms with Crippen LogP contribution in [0.15, 0.2) is 0 Å². The van der Waals surface area contributed by atoms with E-state index < -0.39 is 0 Å². The minimum atomic E-state index is -0.199. The first-order valence-corrected chi connectivity index (χ1v) is 5.22. The number of carbonyl (C=O) groups excluding carboxylic acids is 1. The maximum atomic E-state index is 11.3. The second-order valence-corrected chi connectivity index (χ2v) is 3.94. The number of hydrogen-bond donors (Lipinski definition) is 0. The van der Waals surface area contributed by atoms with Crippen LogP contribution >= 0.6 is 0 Å². The van der Waals surface area contributed by atoms with Crippen LogP contribution in [0.1, 0.15) is 20.3 Å². The summed E-state index contributed by atoms with van der Waals surface area (Å²) in [5, 5.41) is 0. The summed E-state index contributed by atoms with van der Waals surface area (Å²) in [6, 6.07) is 0.563. The van der Waals surface area contributed by atoms with Gasteiger partial charge in [-0.05, 0) is 20.3 Å². The lowest BCUT2D eigenvalue weighted by Crippen LogP contribution is -2.37. The summed E-state index contributed by atoms with van der Waals surface area (Å²) in [6.07, 6.45) is 0.836. The Morgan fingerprint density at radius 2 is 1.93 bits per heavy atom. The Morgan fingerprint density at radius 1 is 1.21 bits per heavy atom. The van der Waals surface area contributed by atoms with Gasteiger partial charge in [-0.1, -0.05) is 0 Å². The van der Waals surface area contributed by atoms with E-state index in [1.54, 1.807) is 4.90 Å². The van der Waals surface area contributed by atoms with Crippen molar-refractivity contribution in [2.45, 2.75) is 26.3 Å². The van der Waals surface area contributed by atoms with Crippen molar-refractivity contribution in [2.24, 2.45) is 0 Å². The monoisotopic (exact) mass is 200 g/mol. The first-order chi connectivity index (χ1) is 6.65. The fraction of sp³-hybridized carbons (Fsp3) is 0.900. The van der Waals surface area contributed by atoms with E-state index in [-0.39, 0.29) is 6.09 Å². The number of methoxy groups -OCH3 is 1. The molecule has 0 aromatic heterocycles. The van der Waals surface area contributed by atoms with Crippen LogP contribution in [0.2, 0.25) is 0 Å². The molecule has 0 aromatic rings. The lowest BCUT2D eigenvalue weighted by Gasteiger charge is -2.24. The van der Waals surface area contributed by atoms with Crippen molar-refractivity contribution in [2.75, 3.05) is 33.3 Å². The van der Waals surface area contributed by atoms with E-state index in [9.17, 15) is 4.79 Å². The average molecular weight is 200 g/mol. The second kappa shape index (κ2) is 5.20. The first kappa shape index (κ1) is 11.3. The molecule has 1 rings (SSSR count). The van der Waals surface area contributed by atoms with Crippen LogP contribution in [0.4, 0.5) is 4.79 Å². The largest absolute Gasteiger partial charge is 0.453 e. The Balaban J connectivity index is 2.44. The van der Waals surface area contributed by atoms with E-state index in [0.717, 1.165) is 32.6 Å². The highest BCUT2D eigenvalue weighted by Gasteiger charge is 2.20. The fourth-order valence-corrected chi connectivity index (χ4v) is 1.77. The maximum Gasteiger partial charge on any atom is 0.409 e. The second-order valence-electron chi connectivity index (χ2n) is 3.94. The number of carbonyl (C=O) groups is 1. The van der Waals surface area contributed by atoms with Gasteiger partial charge in [0, 0.05) is 32.2 Å². The molecule has 1 amide bonds. The van der Waals surface area contributed by atoms with Gasteiger partial charge in [0.2, 0.25) is 0 Å². The normalized spacial score (nSPS) is 19.6. The summed E-state index contributed by atoms with van der Waals surface area (Å²) in [5.41, 5.74) is 0. The van der Waals surface area contributed by atoms with Gasteiger partial charge in [-0.3, -0.25) is 4.90 Å². The van der Waals surface area contributed by atoms with Crippen LogP contribution in [0.25, 0.3) is 0 Å². The van der Waals surface area contributed by atoms with Gasteiger partial charge in [-0.25, -0.2) is 4.79 Å². The Morgan fingerprint density at radius 3 is 2.50 bits per heavy atom. The van der Waals surface area contributed by atoms with Gasteiger partial charge in [0.15, 0.2) is 0 Å². The third-order valence-electron chi connectivity index (χ3n) is 2.69. The molecular formula is C10H20N2O2. The first-order valence-electron chi connectivity index (χ1n) is 5.22. The molecule has 1 saturated heterocycles. The molecule has 0 aliphatic carbocycles. The van der Waals surface area contributed by atoms with Crippen molar-refractivity contribution in [3.63, 3.8) is 0 Å². The standard InChI is InChI=1S/C10H20N2O2/c1-9(2)11-5-4-6-12(8-7-11)10(13)14-3/h9H,4-8H2,1-3H3. The van der Waals surface area contributed by atoms with E-state index in [2.05, 4.69) is 18.7 Å². The highest BCUT2D eigenvalue weighted by atomic mass is 16.5. The smallest absolute Gasteiger partial charge is 0.409 e. The van der Waals surface area contributed by atoms with Crippen LogP contribution in [0.3, 0.4) is 0 Å². The molecule has 0 radical (unpaired) electrons. The van der Waals surface area contributed by atoms with Crippen LogP contribution < -0.4 is 0 Å². The quantitative estimate of drug-likeness (QED) is 0.637. The predicted octanol–water partition coefficient (Wildman–Crippen LogP) is 1.17. The summed E-state index contributed by atoms with van der Waals surface area (Å²) in [4.78, 5) is 15.5. The number of rotatable bonds is 1. The molecule has 0 saturated carbocycles. The highest BCUT2D eigenvalue weighted by Crippen LogP contribution is 2.07. The molecular weight excluding hydrogens is 180 g/mol. The zero-order valence-corrected chi connectivity index (χ0v) is 9.32. The molecule has 1 fully saturated rings. The minimum Gasteiger partial charge on any atom is -0.453 e. The van der Waals surface area contributed by atoms with Crippen molar-refractivity contribution in [1.29, 1.82) is 0 Å².